The van der Waals surface area contributed by atoms with Crippen LogP contribution >= 0.6 is 11.8 Å². The Hall–Kier alpha value is -13.8. The minimum atomic E-state index is -1.92. The van der Waals surface area contributed by atoms with Crippen LogP contribution in [0.25, 0.3) is 21.8 Å². The standard InChI is InChI=1S/C88H122N24O21S/c1-7-9-22-67-80(126)100-58(21-15-29-94-88(91)92)76(122)107-66(75(121)97-41-71(90)116)44-134-45-72(117)99-61(31-48-25-27-52(114)28-26-48)83(129)108(4)47(3)74(120)103-63(36-73(118)119)85(131)111-30-16-24-68(111)81(127)102-60(34-51-40-93-46-98-51)78(124)105-64(37-89)86(132)112-42-53(115)35-70(112)82(128)101-59(32-49-38-95-56-19-13-11-17-54(49)56)77(123)106-65(43-113)79(125)104-62(33-50-39-96-57-20-14-12-18-55(50)57)84(130)110(6)69(23-10-8-2)87(133)109(67)5/h11-14,17-20,25-28,38-40,46-47,53,58-70,95-96,113-115H,7-10,15-16,21-24,29-37,41-45,89H2,1-6H3,(H2,90,116)(H,93,98)(H,97,121)(H,99,117)(H,100,126)(H,101,128)(H,102,127)(H,103,120)(H,104,125)(H,105,124)(H,106,123)(H,107,122)(H,118,119)(H4,91,92,94)/t47-,53+,58-,59-,60-,61-,62-,63+,64-,65-,66-,67-,68-,69-,70-/m0/s1. The van der Waals surface area contributed by atoms with Crippen LogP contribution in [-0.4, -0.2) is 334 Å². The van der Waals surface area contributed by atoms with Crippen LogP contribution in [0.15, 0.2) is 97.7 Å². The third-order valence-corrected chi connectivity index (χ3v) is 24.8. The predicted molar refractivity (Wildman–Crippen MR) is 488 cm³/mol. The zero-order valence-electron chi connectivity index (χ0n) is 75.4. The fraction of sp³-hybridized carbons (Fsp3) is 0.511. The lowest BCUT2D eigenvalue weighted by molar-refractivity contribution is -0.149. The fourth-order valence-electron chi connectivity index (χ4n) is 16.3. The topological polar surface area (TPSA) is 682 Å². The first-order valence-electron chi connectivity index (χ1n) is 44.4. The van der Waals surface area contributed by atoms with Gasteiger partial charge >= 0.3 is 5.97 Å². The van der Waals surface area contributed by atoms with Crippen molar-refractivity contribution in [2.45, 2.75) is 214 Å². The number of aliphatic hydroxyl groups is 2. The van der Waals surface area contributed by atoms with E-state index < -0.39 is 248 Å². The van der Waals surface area contributed by atoms with Gasteiger partial charge in [0.15, 0.2) is 5.96 Å². The number of phenolic OH excluding ortho intramolecular Hbond substituents is 1. The molecule has 0 unspecified atom stereocenters. The van der Waals surface area contributed by atoms with Crippen LogP contribution in [0.4, 0.5) is 0 Å². The molecular weight excluding hydrogens is 1760 g/mol. The first-order valence-corrected chi connectivity index (χ1v) is 45.5. The highest BCUT2D eigenvalue weighted by Gasteiger charge is 2.47. The smallest absolute Gasteiger partial charge is 0.305 e. The van der Waals surface area contributed by atoms with Crippen molar-refractivity contribution in [1.82, 2.24) is 103 Å². The molecule has 3 aromatic heterocycles. The lowest BCUT2D eigenvalue weighted by Crippen LogP contribution is -2.62. The molecule has 3 saturated heterocycles. The molecule has 9 rings (SSSR count). The highest BCUT2D eigenvalue weighted by molar-refractivity contribution is 8.00. The molecule has 134 heavy (non-hydrogen) atoms. The number of hydrogen-bond acceptors (Lipinski definition) is 24. The van der Waals surface area contributed by atoms with Gasteiger partial charge in [-0.3, -0.25) is 86.9 Å². The summed E-state index contributed by atoms with van der Waals surface area (Å²) in [6.45, 7) is 1.64. The minimum Gasteiger partial charge on any atom is -0.508 e. The van der Waals surface area contributed by atoms with Crippen molar-refractivity contribution in [2.75, 3.05) is 72.0 Å². The number of aromatic hydroxyl groups is 1. The van der Waals surface area contributed by atoms with Gasteiger partial charge in [-0.2, -0.15) is 0 Å². The summed E-state index contributed by atoms with van der Waals surface area (Å²) < 4.78 is 0. The quantitative estimate of drug-likeness (QED) is 0.0146. The van der Waals surface area contributed by atoms with Gasteiger partial charge in [0.2, 0.25) is 94.5 Å². The third kappa shape index (κ3) is 28.4. The number of carboxylic acid groups (broad SMARTS) is 1. The molecule has 3 fully saturated rings. The molecule has 0 bridgehead atoms. The van der Waals surface area contributed by atoms with E-state index >= 15 is 28.8 Å². The number of hydrogen-bond donors (Lipinski definition) is 22. The minimum absolute atomic E-state index is 0.0211. The van der Waals surface area contributed by atoms with Crippen LogP contribution in [0.1, 0.15) is 120 Å². The number of amides is 16. The van der Waals surface area contributed by atoms with Gasteiger partial charge in [0, 0.05) is 126 Å². The Morgan fingerprint density at radius 2 is 1.10 bits per heavy atom. The number of nitrogens with one attached hydrogen (secondary N) is 15. The Bertz CT molecular complexity index is 5190. The summed E-state index contributed by atoms with van der Waals surface area (Å²) in [6, 6.07) is -3.18. The van der Waals surface area contributed by atoms with Crippen molar-refractivity contribution in [1.29, 1.82) is 5.41 Å². The Morgan fingerprint density at radius 1 is 0.560 bits per heavy atom. The molecular formula is C88H122N24O21S. The molecule has 0 radical (unpaired) electrons. The van der Waals surface area contributed by atoms with Crippen LogP contribution in [0, 0.1) is 5.41 Å². The number of imidazole rings is 1. The normalized spacial score (nSPS) is 24.8. The van der Waals surface area contributed by atoms with Crippen LogP contribution < -0.4 is 75.7 Å². The maximum atomic E-state index is 15.7. The largest absolute Gasteiger partial charge is 0.508 e. The molecule has 6 aromatic rings. The van der Waals surface area contributed by atoms with Gasteiger partial charge in [-0.05, 0) is 86.4 Å². The summed E-state index contributed by atoms with van der Waals surface area (Å²) in [5.41, 5.74) is 20.1. The number of rotatable bonds is 25. The number of aliphatic hydroxyl groups excluding tert-OH is 2. The number of carbonyl (C=O) groups excluding carboxylic acids is 16. The first kappa shape index (κ1) is 104. The second kappa shape index (κ2) is 49.6. The van der Waals surface area contributed by atoms with Gasteiger partial charge in [-0.1, -0.05) is 88.1 Å². The molecule has 3 aromatic carbocycles. The number of para-hydroxylation sites is 2. The number of carbonyl (C=O) groups is 17. The Kier molecular flexibility index (Phi) is 38.5. The number of thioether (sulfide) groups is 1. The van der Waals surface area contributed by atoms with Crippen molar-refractivity contribution in [3.8, 4) is 5.75 Å². The number of phenols is 1. The van der Waals surface area contributed by atoms with Gasteiger partial charge in [-0.15, -0.1) is 11.8 Å². The van der Waals surface area contributed by atoms with Gasteiger partial charge in [0.25, 0.3) is 0 Å². The summed E-state index contributed by atoms with van der Waals surface area (Å²) in [4.78, 5) is 267. The van der Waals surface area contributed by atoms with Gasteiger partial charge in [-0.25, -0.2) is 4.98 Å². The van der Waals surface area contributed by atoms with Crippen LogP contribution in [0.3, 0.4) is 0 Å². The van der Waals surface area contributed by atoms with E-state index in [0.29, 0.717) is 64.2 Å². The third-order valence-electron chi connectivity index (χ3n) is 23.8. The SMILES string of the molecule is CCCC[C@H]1C(=O)N(C)[C@@H](CCCC)C(=O)N[C@@H](CCCNC(=N)N)C(=O)N[C@H](C(=O)NCC(N)=O)CSCC(=O)N[C@@H](Cc2ccc(O)cc2)C(=O)N(C)[C@@H](C)C(=O)N[C@H](CC(=O)O)C(=O)N2CCC[C@H]2C(=O)N[C@@H](Cc2c[nH]cn2)C(=O)N[C@@H](CN)C(=O)N2C[C@H](O)C[C@H]2C(=O)N[C@@H](Cc2c[nH]c3ccccc23)C(=O)N[C@@H](CO)C(=O)N[C@@H](Cc2c[nH]c3ccccc23)C(=O)N1C. The number of primary amides is 1. The Balaban J connectivity index is 1.09. The molecule has 0 aliphatic carbocycles. The number of fused-ring (bicyclic) bond motifs is 4. The molecule has 3 aliphatic heterocycles. The zero-order valence-corrected chi connectivity index (χ0v) is 76.2. The van der Waals surface area contributed by atoms with Crippen LogP contribution in [-0.2, 0) is 107 Å². The molecule has 45 nitrogen and oxygen atoms in total. The number of aliphatic carboxylic acids is 1. The van der Waals surface area contributed by atoms with E-state index in [2.05, 4.69) is 78.4 Å². The average Bonchev–Trinajstić information content (AvgIpc) is 1.67. The number of H-pyrrole nitrogens is 3. The van der Waals surface area contributed by atoms with Crippen molar-refractivity contribution < 1.29 is 102 Å². The van der Waals surface area contributed by atoms with E-state index in [9.17, 15) is 73.2 Å². The van der Waals surface area contributed by atoms with Gasteiger partial charge in [0.1, 0.15) is 90.3 Å². The molecule has 0 saturated carbocycles. The molecule has 25 N–H and O–H groups in total. The lowest BCUT2D eigenvalue weighted by atomic mass is 10.00. The zero-order chi connectivity index (χ0) is 97.7. The number of aromatic nitrogens is 4. The maximum absolute atomic E-state index is 15.7. The van der Waals surface area contributed by atoms with E-state index in [4.69, 9.17) is 22.6 Å². The van der Waals surface area contributed by atoms with Gasteiger partial charge < -0.3 is 136 Å². The number of likely N-dealkylation sites (N-methyl/N-ethyl adjacent to an activating group) is 3. The summed E-state index contributed by atoms with van der Waals surface area (Å²) in [5, 5.41) is 80.5. The Morgan fingerprint density at radius 3 is 1.69 bits per heavy atom. The van der Waals surface area contributed by atoms with Crippen molar-refractivity contribution in [3.05, 3.63) is 120 Å². The number of unbranched alkanes of at least 4 members (excludes halogenated alkanes) is 2. The van der Waals surface area contributed by atoms with Crippen molar-refractivity contribution in [3.63, 3.8) is 0 Å². The summed E-state index contributed by atoms with van der Waals surface area (Å²) in [7, 11) is 3.85. The van der Waals surface area contributed by atoms with Crippen molar-refractivity contribution in [2.24, 2.45) is 17.2 Å². The van der Waals surface area contributed by atoms with E-state index in [1.807, 2.05) is 13.8 Å². The van der Waals surface area contributed by atoms with E-state index in [0.717, 1.165) is 36.3 Å². The number of nitrogens with zero attached hydrogens (tertiary/aromatic N) is 6. The molecule has 3 aliphatic rings. The number of guanidine groups is 1. The Labute approximate surface area is 775 Å². The second-order valence-electron chi connectivity index (χ2n) is 33.5. The molecule has 6 heterocycles. The molecule has 46 heteroatoms. The predicted octanol–water partition coefficient (Wildman–Crippen LogP) is -4.42. The number of nitrogens with two attached hydrogens (primary N) is 3. The molecule has 726 valence electrons. The number of benzene rings is 3. The molecule has 16 amide bonds. The number of aromatic amines is 3. The lowest BCUT2D eigenvalue weighted by Gasteiger charge is -2.36. The summed E-state index contributed by atoms with van der Waals surface area (Å²) in [6.07, 6.45) is 3.07. The van der Waals surface area contributed by atoms with Crippen molar-refractivity contribution >= 4 is 140 Å². The highest BCUT2D eigenvalue weighted by atomic mass is 32.2. The fourth-order valence-corrected chi connectivity index (χ4v) is 17.1. The van der Waals surface area contributed by atoms with Gasteiger partial charge in [0.05, 0.1) is 43.5 Å². The second-order valence-corrected chi connectivity index (χ2v) is 34.5. The monoisotopic (exact) mass is 1880 g/mol. The van der Waals surface area contributed by atoms with E-state index in [1.54, 1.807) is 60.9 Å². The molecule has 0 spiro atoms. The summed E-state index contributed by atoms with van der Waals surface area (Å²) >= 11 is 0.745. The molecule has 15 atom stereocenters. The maximum Gasteiger partial charge on any atom is 0.305 e. The summed E-state index contributed by atoms with van der Waals surface area (Å²) in [5.74, 6) is -19.0. The van der Waals surface area contributed by atoms with Crippen LogP contribution in [0.5, 0.6) is 5.75 Å². The van der Waals surface area contributed by atoms with E-state index in [-0.39, 0.29) is 88.7 Å². The van der Waals surface area contributed by atoms with E-state index in [1.165, 1.54) is 64.9 Å². The van der Waals surface area contributed by atoms with Crippen LogP contribution in [0.2, 0.25) is 0 Å². The first-order chi connectivity index (χ1) is 63.9. The average molecular weight is 1880 g/mol. The number of carboxylic acids is 1. The highest BCUT2D eigenvalue weighted by Crippen LogP contribution is 2.28.